The number of halogens is 1. The largest absolute Gasteiger partial charge is 0.378 e. The number of hydrogen-bond donors (Lipinski definition) is 2. The number of urea groups is 1. The molecule has 2 atom stereocenters. The molecule has 1 aliphatic rings. The summed E-state index contributed by atoms with van der Waals surface area (Å²) < 4.78 is 7.07. The topological polar surface area (TPSA) is 84.3 Å². The number of hydrogen-bond acceptors (Lipinski definition) is 5. The van der Waals surface area contributed by atoms with Crippen LogP contribution in [0, 0.1) is 0 Å². The quantitative estimate of drug-likeness (QED) is 0.832. The molecule has 1 fully saturated rings. The Labute approximate surface area is 157 Å². The summed E-state index contributed by atoms with van der Waals surface area (Å²) in [6, 6.07) is 5.29. The average Bonchev–Trinajstić information content (AvgIpc) is 3.24. The predicted molar refractivity (Wildman–Crippen MR) is 99.8 cm³/mol. The van der Waals surface area contributed by atoms with Gasteiger partial charge in [-0.05, 0) is 32.0 Å². The second kappa shape index (κ2) is 8.03. The van der Waals surface area contributed by atoms with Crippen LogP contribution >= 0.6 is 11.6 Å². The zero-order valence-electron chi connectivity index (χ0n) is 15.0. The molecule has 0 radical (unpaired) electrons. The van der Waals surface area contributed by atoms with Crippen molar-refractivity contribution >= 4 is 23.3 Å². The van der Waals surface area contributed by atoms with E-state index < -0.39 is 0 Å². The lowest BCUT2D eigenvalue weighted by molar-refractivity contribution is 0.0896. The molecular weight excluding hydrogens is 356 g/mol. The van der Waals surface area contributed by atoms with Gasteiger partial charge in [0.2, 0.25) is 0 Å². The lowest BCUT2D eigenvalue weighted by Gasteiger charge is -2.20. The molecule has 1 saturated heterocycles. The van der Waals surface area contributed by atoms with Crippen LogP contribution in [-0.2, 0) is 4.74 Å². The molecule has 0 unspecified atom stereocenters. The van der Waals surface area contributed by atoms with Crippen molar-refractivity contribution in [1.29, 1.82) is 0 Å². The van der Waals surface area contributed by atoms with Crippen molar-refractivity contribution in [3.63, 3.8) is 0 Å². The van der Waals surface area contributed by atoms with E-state index in [0.717, 1.165) is 13.1 Å². The average molecular weight is 379 g/mol. The van der Waals surface area contributed by atoms with Gasteiger partial charge in [-0.3, -0.25) is 4.90 Å². The maximum Gasteiger partial charge on any atom is 0.319 e. The van der Waals surface area contributed by atoms with Crippen LogP contribution in [0.3, 0.4) is 0 Å². The molecule has 2 aromatic rings. The smallest absolute Gasteiger partial charge is 0.319 e. The molecule has 3 rings (SSSR count). The van der Waals surface area contributed by atoms with Crippen molar-refractivity contribution in [2.24, 2.45) is 0 Å². The maximum atomic E-state index is 12.4. The monoisotopic (exact) mass is 378 g/mol. The number of ether oxygens (including phenoxy) is 1. The molecule has 1 aromatic heterocycles. The molecule has 2 amide bonds. The van der Waals surface area contributed by atoms with Crippen LogP contribution in [-0.4, -0.2) is 64.1 Å². The lowest BCUT2D eigenvalue weighted by Crippen LogP contribution is -2.45. The van der Waals surface area contributed by atoms with E-state index in [9.17, 15) is 4.79 Å². The summed E-state index contributed by atoms with van der Waals surface area (Å²) in [7, 11) is 1.67. The van der Waals surface area contributed by atoms with Crippen molar-refractivity contribution in [3.8, 4) is 5.69 Å². The van der Waals surface area contributed by atoms with Crippen LogP contribution in [0.15, 0.2) is 30.9 Å². The molecule has 140 valence electrons. The van der Waals surface area contributed by atoms with E-state index in [1.54, 1.807) is 36.3 Å². The number of carbonyl (C=O) groups excluding carboxylic acids is 1. The van der Waals surface area contributed by atoms with E-state index in [1.165, 1.54) is 6.33 Å². The zero-order chi connectivity index (χ0) is 18.7. The Hall–Kier alpha value is -2.16. The molecule has 1 aromatic carbocycles. The zero-order valence-corrected chi connectivity index (χ0v) is 15.8. The van der Waals surface area contributed by atoms with Crippen molar-refractivity contribution in [1.82, 2.24) is 25.0 Å². The number of methoxy groups -OCH3 is 1. The van der Waals surface area contributed by atoms with Gasteiger partial charge in [0.1, 0.15) is 12.7 Å². The molecule has 8 nitrogen and oxygen atoms in total. The number of nitrogens with zero attached hydrogens (tertiary/aromatic N) is 4. The Morgan fingerprint density at radius 1 is 1.38 bits per heavy atom. The van der Waals surface area contributed by atoms with E-state index in [-0.39, 0.29) is 18.2 Å². The van der Waals surface area contributed by atoms with Gasteiger partial charge in [0.05, 0.1) is 22.9 Å². The van der Waals surface area contributed by atoms with Crippen LogP contribution in [0.25, 0.3) is 5.69 Å². The van der Waals surface area contributed by atoms with Crippen molar-refractivity contribution in [2.75, 3.05) is 25.5 Å². The predicted octanol–water partition coefficient (Wildman–Crippen LogP) is 2.15. The molecular formula is C17H23ClN6O2. The highest BCUT2D eigenvalue weighted by atomic mass is 35.5. The SMILES string of the molecule is CO[C@@H]1CN(C(C)C)C[C@H]1NC(=O)Nc1ccc(-n2cncn2)c(Cl)c1. The van der Waals surface area contributed by atoms with Crippen LogP contribution in [0.2, 0.25) is 5.02 Å². The summed E-state index contributed by atoms with van der Waals surface area (Å²) in [5, 5.41) is 10.3. The van der Waals surface area contributed by atoms with Crippen LogP contribution in [0.4, 0.5) is 10.5 Å². The third-order valence-corrected chi connectivity index (χ3v) is 4.82. The van der Waals surface area contributed by atoms with Gasteiger partial charge in [-0.1, -0.05) is 11.6 Å². The molecule has 26 heavy (non-hydrogen) atoms. The fourth-order valence-electron chi connectivity index (χ4n) is 3.04. The summed E-state index contributed by atoms with van der Waals surface area (Å²) >= 11 is 6.29. The van der Waals surface area contributed by atoms with E-state index in [1.807, 2.05) is 0 Å². The maximum absolute atomic E-state index is 12.4. The first kappa shape index (κ1) is 18.6. The van der Waals surface area contributed by atoms with Gasteiger partial charge in [-0.15, -0.1) is 0 Å². The highest BCUT2D eigenvalue weighted by Gasteiger charge is 2.34. The van der Waals surface area contributed by atoms with Gasteiger partial charge < -0.3 is 15.4 Å². The number of rotatable bonds is 5. The number of benzene rings is 1. The summed E-state index contributed by atoms with van der Waals surface area (Å²) in [5.41, 5.74) is 1.29. The van der Waals surface area contributed by atoms with Crippen molar-refractivity contribution in [3.05, 3.63) is 35.9 Å². The van der Waals surface area contributed by atoms with Crippen LogP contribution < -0.4 is 10.6 Å². The fourth-order valence-corrected chi connectivity index (χ4v) is 3.31. The Morgan fingerprint density at radius 2 is 2.19 bits per heavy atom. The Morgan fingerprint density at radius 3 is 2.81 bits per heavy atom. The number of carbonyl (C=O) groups is 1. The molecule has 0 bridgehead atoms. The third kappa shape index (κ3) is 4.14. The van der Waals surface area contributed by atoms with E-state index in [0.29, 0.717) is 22.4 Å². The normalized spacial score (nSPS) is 20.5. The molecule has 2 heterocycles. The number of likely N-dealkylation sites (tertiary alicyclic amines) is 1. The lowest BCUT2D eigenvalue weighted by atomic mass is 10.2. The second-order valence-electron chi connectivity index (χ2n) is 6.53. The summed E-state index contributed by atoms with van der Waals surface area (Å²) in [6.45, 7) is 5.83. The van der Waals surface area contributed by atoms with E-state index >= 15 is 0 Å². The first-order valence-corrected chi connectivity index (χ1v) is 8.84. The summed E-state index contributed by atoms with van der Waals surface area (Å²) in [4.78, 5) is 18.5. The highest BCUT2D eigenvalue weighted by Crippen LogP contribution is 2.23. The fraction of sp³-hybridized carbons (Fsp3) is 0.471. The van der Waals surface area contributed by atoms with Gasteiger partial charge in [-0.25, -0.2) is 14.5 Å². The Bertz CT molecular complexity index is 752. The number of nitrogens with one attached hydrogen (secondary N) is 2. The third-order valence-electron chi connectivity index (χ3n) is 4.52. The second-order valence-corrected chi connectivity index (χ2v) is 6.94. The summed E-state index contributed by atoms with van der Waals surface area (Å²) in [5.74, 6) is 0. The van der Waals surface area contributed by atoms with Gasteiger partial charge in [0.15, 0.2) is 0 Å². The van der Waals surface area contributed by atoms with Crippen LogP contribution in [0.5, 0.6) is 0 Å². The van der Waals surface area contributed by atoms with Gasteiger partial charge in [0.25, 0.3) is 0 Å². The minimum atomic E-state index is -0.285. The van der Waals surface area contributed by atoms with Gasteiger partial charge >= 0.3 is 6.03 Å². The Kier molecular flexibility index (Phi) is 5.75. The molecule has 9 heteroatoms. The molecule has 0 spiro atoms. The highest BCUT2D eigenvalue weighted by molar-refractivity contribution is 6.32. The Balaban J connectivity index is 1.62. The van der Waals surface area contributed by atoms with Crippen molar-refractivity contribution in [2.45, 2.75) is 32.0 Å². The molecule has 0 saturated carbocycles. The minimum Gasteiger partial charge on any atom is -0.378 e. The number of amides is 2. The molecule has 2 N–H and O–H groups in total. The first-order valence-electron chi connectivity index (χ1n) is 8.47. The number of anilines is 1. The first-order chi connectivity index (χ1) is 12.5. The van der Waals surface area contributed by atoms with Gasteiger partial charge in [0, 0.05) is 31.9 Å². The number of aromatic nitrogens is 3. The summed E-state index contributed by atoms with van der Waals surface area (Å²) in [6.07, 6.45) is 2.97. The minimum absolute atomic E-state index is 0.0265. The van der Waals surface area contributed by atoms with Crippen LogP contribution in [0.1, 0.15) is 13.8 Å². The standard InChI is InChI=1S/C17H23ClN6O2/c1-11(2)23-7-14(16(8-23)26-3)22-17(25)21-12-4-5-15(13(18)6-12)24-10-19-9-20-24/h4-6,9-11,14,16H,7-8H2,1-3H3,(H2,21,22,25)/t14-,16-/m1/s1. The molecule has 0 aliphatic carbocycles. The van der Waals surface area contributed by atoms with E-state index in [2.05, 4.69) is 39.5 Å². The van der Waals surface area contributed by atoms with Crippen molar-refractivity contribution < 1.29 is 9.53 Å². The van der Waals surface area contributed by atoms with Gasteiger partial charge in [-0.2, -0.15) is 5.10 Å². The van der Waals surface area contributed by atoms with E-state index in [4.69, 9.17) is 16.3 Å². The molecule has 1 aliphatic heterocycles.